The lowest BCUT2D eigenvalue weighted by atomic mass is 10.2. The molecule has 1 amide bonds. The summed E-state index contributed by atoms with van der Waals surface area (Å²) < 4.78 is 0. The van der Waals surface area contributed by atoms with Crippen LogP contribution in [0.15, 0.2) is 53.4 Å². The van der Waals surface area contributed by atoms with E-state index in [4.69, 9.17) is 0 Å². The maximum Gasteiger partial charge on any atom is 0.237 e. The molecule has 2 aromatic carbocycles. The summed E-state index contributed by atoms with van der Waals surface area (Å²) in [7, 11) is 0. The normalized spacial score (nSPS) is 13.3. The molecular weight excluding hydrogens is 270 g/mol. The molecule has 0 radical (unpaired) electrons. The highest BCUT2D eigenvalue weighted by Gasteiger charge is 2.23. The van der Waals surface area contributed by atoms with Gasteiger partial charge in [-0.1, -0.05) is 24.3 Å². The van der Waals surface area contributed by atoms with Crippen LogP contribution in [-0.4, -0.2) is 23.3 Å². The Hall–Kier alpha value is -1.94. The van der Waals surface area contributed by atoms with Gasteiger partial charge in [-0.25, -0.2) is 0 Å². The van der Waals surface area contributed by atoms with Crippen molar-refractivity contribution in [3.8, 4) is 5.75 Å². The maximum atomic E-state index is 12.3. The number of phenols is 1. The molecule has 3 rings (SSSR count). The first kappa shape index (κ1) is 13.1. The predicted octanol–water partition coefficient (Wildman–Crippen LogP) is 3.07. The van der Waals surface area contributed by atoms with Gasteiger partial charge in [0.1, 0.15) is 5.75 Å². The fraction of sp³-hybridized carbons (Fsp3) is 0.188. The highest BCUT2D eigenvalue weighted by atomic mass is 32.2. The SMILES string of the molecule is O=C(CSc1cccc(O)c1)N1CCc2ccccc21. The molecule has 0 bridgehead atoms. The second-order valence-corrected chi connectivity index (χ2v) is 5.76. The lowest BCUT2D eigenvalue weighted by Gasteiger charge is -2.17. The molecule has 1 heterocycles. The molecule has 1 aliphatic rings. The van der Waals surface area contributed by atoms with Crippen molar-refractivity contribution in [2.75, 3.05) is 17.2 Å². The molecule has 20 heavy (non-hydrogen) atoms. The molecule has 2 aromatic rings. The Morgan fingerprint density at radius 2 is 2.05 bits per heavy atom. The van der Waals surface area contributed by atoms with Crippen LogP contribution in [0.25, 0.3) is 0 Å². The highest BCUT2D eigenvalue weighted by molar-refractivity contribution is 8.00. The summed E-state index contributed by atoms with van der Waals surface area (Å²) in [5.74, 6) is 0.731. The number of thioether (sulfide) groups is 1. The summed E-state index contributed by atoms with van der Waals surface area (Å²) in [5.41, 5.74) is 2.28. The van der Waals surface area contributed by atoms with Gasteiger partial charge in [-0.3, -0.25) is 4.79 Å². The van der Waals surface area contributed by atoms with Crippen molar-refractivity contribution in [3.05, 3.63) is 54.1 Å². The first-order valence-electron chi connectivity index (χ1n) is 6.54. The van der Waals surface area contributed by atoms with Gasteiger partial charge in [0.25, 0.3) is 0 Å². The Labute approximate surface area is 122 Å². The molecule has 1 N–H and O–H groups in total. The van der Waals surface area contributed by atoms with Crippen LogP contribution in [0.2, 0.25) is 0 Å². The van der Waals surface area contributed by atoms with Crippen LogP contribution in [0, 0.1) is 0 Å². The van der Waals surface area contributed by atoms with Crippen molar-refractivity contribution in [2.24, 2.45) is 0 Å². The van der Waals surface area contributed by atoms with Crippen molar-refractivity contribution < 1.29 is 9.90 Å². The number of amides is 1. The Bertz CT molecular complexity index is 642. The van der Waals surface area contributed by atoms with Crippen LogP contribution < -0.4 is 4.90 Å². The molecule has 0 atom stereocenters. The fourth-order valence-corrected chi connectivity index (χ4v) is 3.22. The minimum absolute atomic E-state index is 0.114. The average molecular weight is 285 g/mol. The number of carbonyl (C=O) groups is 1. The van der Waals surface area contributed by atoms with Gasteiger partial charge in [0.05, 0.1) is 5.75 Å². The van der Waals surface area contributed by atoms with Gasteiger partial charge in [0, 0.05) is 17.1 Å². The van der Waals surface area contributed by atoms with Crippen molar-refractivity contribution in [3.63, 3.8) is 0 Å². The molecule has 0 saturated heterocycles. The van der Waals surface area contributed by atoms with Crippen molar-refractivity contribution >= 4 is 23.4 Å². The maximum absolute atomic E-state index is 12.3. The van der Waals surface area contributed by atoms with Crippen molar-refractivity contribution in [1.82, 2.24) is 0 Å². The molecular formula is C16H15NO2S. The minimum atomic E-state index is 0.114. The molecule has 0 saturated carbocycles. The summed E-state index contributed by atoms with van der Waals surface area (Å²) in [4.78, 5) is 15.1. The summed E-state index contributed by atoms with van der Waals surface area (Å²) in [5, 5.41) is 9.41. The molecule has 1 aliphatic heterocycles. The van der Waals surface area contributed by atoms with Crippen LogP contribution >= 0.6 is 11.8 Å². The zero-order valence-corrected chi connectivity index (χ0v) is 11.8. The van der Waals surface area contributed by atoms with Gasteiger partial charge >= 0.3 is 0 Å². The molecule has 0 aromatic heterocycles. The number of aromatic hydroxyl groups is 1. The van der Waals surface area contributed by atoms with Gasteiger partial charge in [-0.2, -0.15) is 0 Å². The second kappa shape index (κ2) is 5.59. The van der Waals surface area contributed by atoms with Gasteiger partial charge in [0.2, 0.25) is 5.91 Å². The summed E-state index contributed by atoms with van der Waals surface area (Å²) >= 11 is 1.45. The third-order valence-corrected chi connectivity index (χ3v) is 4.35. The standard InChI is InChI=1S/C16H15NO2S/c18-13-5-3-6-14(10-13)20-11-16(19)17-9-8-12-4-1-2-7-15(12)17/h1-7,10,18H,8-9,11H2. The van der Waals surface area contributed by atoms with Crippen LogP contribution in [0.1, 0.15) is 5.56 Å². The first-order valence-corrected chi connectivity index (χ1v) is 7.53. The number of phenolic OH excluding ortho intramolecular Hbond substituents is 1. The monoisotopic (exact) mass is 285 g/mol. The molecule has 3 nitrogen and oxygen atoms in total. The molecule has 0 fully saturated rings. The van der Waals surface area contributed by atoms with E-state index < -0.39 is 0 Å². The lowest BCUT2D eigenvalue weighted by Crippen LogP contribution is -2.30. The number of fused-ring (bicyclic) bond motifs is 1. The average Bonchev–Trinajstić information content (AvgIpc) is 2.89. The quantitative estimate of drug-likeness (QED) is 0.881. The van der Waals surface area contributed by atoms with Gasteiger partial charge < -0.3 is 10.0 Å². The Kier molecular flexibility index (Phi) is 3.65. The molecule has 0 unspecified atom stereocenters. The van der Waals surface area contributed by atoms with E-state index in [2.05, 4.69) is 6.07 Å². The number of hydrogen-bond acceptors (Lipinski definition) is 3. The third kappa shape index (κ3) is 2.65. The van der Waals surface area contributed by atoms with Crippen molar-refractivity contribution in [1.29, 1.82) is 0 Å². The highest BCUT2D eigenvalue weighted by Crippen LogP contribution is 2.29. The summed E-state index contributed by atoms with van der Waals surface area (Å²) in [6, 6.07) is 15.0. The Morgan fingerprint density at radius 1 is 1.20 bits per heavy atom. The molecule has 0 aliphatic carbocycles. The molecule has 102 valence electrons. The van der Waals surface area contributed by atoms with Crippen LogP contribution in [0.5, 0.6) is 5.75 Å². The van der Waals surface area contributed by atoms with E-state index >= 15 is 0 Å². The molecule has 4 heteroatoms. The fourth-order valence-electron chi connectivity index (χ4n) is 2.39. The lowest BCUT2D eigenvalue weighted by molar-refractivity contribution is -0.116. The van der Waals surface area contributed by atoms with E-state index in [0.717, 1.165) is 23.5 Å². The number of anilines is 1. The van der Waals surface area contributed by atoms with E-state index in [1.54, 1.807) is 18.2 Å². The predicted molar refractivity (Wildman–Crippen MR) is 81.3 cm³/mol. The topological polar surface area (TPSA) is 40.5 Å². The second-order valence-electron chi connectivity index (χ2n) is 4.71. The van der Waals surface area contributed by atoms with Crippen LogP contribution in [0.4, 0.5) is 5.69 Å². The number of nitrogens with zero attached hydrogens (tertiary/aromatic N) is 1. The van der Waals surface area contributed by atoms with Crippen LogP contribution in [-0.2, 0) is 11.2 Å². The van der Waals surface area contributed by atoms with E-state index in [0.29, 0.717) is 5.75 Å². The van der Waals surface area contributed by atoms with E-state index in [1.165, 1.54) is 17.3 Å². The number of para-hydroxylation sites is 1. The van der Waals surface area contributed by atoms with E-state index in [-0.39, 0.29) is 11.7 Å². The zero-order valence-electron chi connectivity index (χ0n) is 11.0. The first-order chi connectivity index (χ1) is 9.74. The Morgan fingerprint density at radius 3 is 2.90 bits per heavy atom. The number of carbonyl (C=O) groups excluding carboxylic acids is 1. The van der Waals surface area contributed by atoms with E-state index in [1.807, 2.05) is 29.2 Å². The smallest absolute Gasteiger partial charge is 0.237 e. The van der Waals surface area contributed by atoms with Gasteiger partial charge in [-0.15, -0.1) is 11.8 Å². The largest absolute Gasteiger partial charge is 0.508 e. The summed E-state index contributed by atoms with van der Waals surface area (Å²) in [6.45, 7) is 0.763. The zero-order chi connectivity index (χ0) is 13.9. The third-order valence-electron chi connectivity index (χ3n) is 3.37. The minimum Gasteiger partial charge on any atom is -0.508 e. The van der Waals surface area contributed by atoms with E-state index in [9.17, 15) is 9.90 Å². The van der Waals surface area contributed by atoms with Crippen LogP contribution in [0.3, 0.4) is 0 Å². The number of rotatable bonds is 3. The number of hydrogen-bond donors (Lipinski definition) is 1. The van der Waals surface area contributed by atoms with Gasteiger partial charge in [-0.05, 0) is 36.2 Å². The van der Waals surface area contributed by atoms with Crippen molar-refractivity contribution in [2.45, 2.75) is 11.3 Å². The van der Waals surface area contributed by atoms with Gasteiger partial charge in [0.15, 0.2) is 0 Å². The number of benzene rings is 2. The molecule has 0 spiro atoms. The Balaban J connectivity index is 1.66. The summed E-state index contributed by atoms with van der Waals surface area (Å²) in [6.07, 6.45) is 0.929.